The molecule has 0 spiro atoms. The van der Waals surface area contributed by atoms with Crippen molar-refractivity contribution < 1.29 is 24.2 Å². The zero-order valence-electron chi connectivity index (χ0n) is 24.7. The first kappa shape index (κ1) is 29.9. The van der Waals surface area contributed by atoms with Gasteiger partial charge in [0.1, 0.15) is 23.4 Å². The lowest BCUT2D eigenvalue weighted by Crippen LogP contribution is -2.29. The number of carbonyl (C=O) groups is 2. The van der Waals surface area contributed by atoms with E-state index in [0.717, 1.165) is 23.3 Å². The zero-order chi connectivity index (χ0) is 30.8. The van der Waals surface area contributed by atoms with E-state index in [1.165, 1.54) is 28.0 Å². The van der Waals surface area contributed by atoms with E-state index in [0.29, 0.717) is 45.9 Å². The number of nitrogens with zero attached hydrogens (tertiary/aromatic N) is 3. The Labute approximate surface area is 264 Å². The highest BCUT2D eigenvalue weighted by molar-refractivity contribution is 8.00. The van der Waals surface area contributed by atoms with Gasteiger partial charge in [-0.2, -0.15) is 0 Å². The molecule has 1 saturated heterocycles. The van der Waals surface area contributed by atoms with E-state index >= 15 is 0 Å². The predicted octanol–water partition coefficient (Wildman–Crippen LogP) is 7.21. The van der Waals surface area contributed by atoms with Gasteiger partial charge in [-0.3, -0.25) is 14.5 Å². The number of ether oxygens (including phenoxy) is 2. The van der Waals surface area contributed by atoms with Crippen molar-refractivity contribution in [1.82, 2.24) is 10.2 Å². The SMILES string of the molecule is CC(C)CCOc1cccc(C2C(=C(O)c3ccc4c(c3)CC(C)O4)C(=O)C(=O)N2c2nnc(SCc3ccccc3)s2)c1. The molecule has 6 rings (SSSR count). The minimum Gasteiger partial charge on any atom is -0.507 e. The molecule has 2 atom stereocenters. The predicted molar refractivity (Wildman–Crippen MR) is 172 cm³/mol. The lowest BCUT2D eigenvalue weighted by Gasteiger charge is -2.23. The normalized spacial score (nSPS) is 19.0. The number of amides is 1. The van der Waals surface area contributed by atoms with Gasteiger partial charge < -0.3 is 14.6 Å². The third kappa shape index (κ3) is 6.23. The maximum absolute atomic E-state index is 13.7. The summed E-state index contributed by atoms with van der Waals surface area (Å²) < 4.78 is 12.5. The molecule has 10 heteroatoms. The number of aliphatic hydroxyl groups is 1. The Hall–Kier alpha value is -4.15. The summed E-state index contributed by atoms with van der Waals surface area (Å²) in [7, 11) is 0. The van der Waals surface area contributed by atoms with Crippen molar-refractivity contribution in [3.8, 4) is 11.5 Å². The largest absolute Gasteiger partial charge is 0.507 e. The van der Waals surface area contributed by atoms with Gasteiger partial charge in [-0.1, -0.05) is 79.4 Å². The molecule has 1 N–H and O–H groups in total. The summed E-state index contributed by atoms with van der Waals surface area (Å²) in [4.78, 5) is 28.8. The van der Waals surface area contributed by atoms with Crippen molar-refractivity contribution in [2.45, 2.75) is 55.9 Å². The first-order valence-electron chi connectivity index (χ1n) is 14.6. The molecule has 1 aromatic heterocycles. The number of benzene rings is 3. The van der Waals surface area contributed by atoms with Gasteiger partial charge in [-0.15, -0.1) is 10.2 Å². The van der Waals surface area contributed by atoms with E-state index in [9.17, 15) is 14.7 Å². The highest BCUT2D eigenvalue weighted by Crippen LogP contribution is 2.45. The van der Waals surface area contributed by atoms with Gasteiger partial charge in [0.05, 0.1) is 18.2 Å². The molecular weight excluding hydrogens is 595 g/mol. The number of hydrogen-bond acceptors (Lipinski definition) is 9. The highest BCUT2D eigenvalue weighted by atomic mass is 32.2. The molecule has 0 bridgehead atoms. The van der Waals surface area contributed by atoms with Gasteiger partial charge in [0, 0.05) is 17.7 Å². The van der Waals surface area contributed by atoms with Crippen molar-refractivity contribution in [1.29, 1.82) is 0 Å². The van der Waals surface area contributed by atoms with Gasteiger partial charge in [-0.25, -0.2) is 0 Å². The number of Topliss-reactive ketones (excluding diaryl/α,β-unsaturated/α-hetero) is 1. The van der Waals surface area contributed by atoms with Crippen LogP contribution in [0.15, 0.2) is 82.7 Å². The number of hydrogen-bond donors (Lipinski definition) is 1. The third-order valence-corrected chi connectivity index (χ3v) is 9.69. The molecule has 3 heterocycles. The fourth-order valence-electron chi connectivity index (χ4n) is 5.33. The van der Waals surface area contributed by atoms with Gasteiger partial charge in [-0.05, 0) is 66.3 Å². The second-order valence-electron chi connectivity index (χ2n) is 11.4. The maximum Gasteiger partial charge on any atom is 0.301 e. The van der Waals surface area contributed by atoms with Crippen LogP contribution in [-0.4, -0.2) is 39.7 Å². The van der Waals surface area contributed by atoms with Gasteiger partial charge in [0.15, 0.2) is 4.34 Å². The van der Waals surface area contributed by atoms with E-state index in [2.05, 4.69) is 24.0 Å². The lowest BCUT2D eigenvalue weighted by molar-refractivity contribution is -0.132. The maximum atomic E-state index is 13.7. The molecule has 2 aliphatic heterocycles. The number of carbonyl (C=O) groups excluding carboxylic acids is 2. The molecule has 2 unspecified atom stereocenters. The number of aromatic nitrogens is 2. The minimum atomic E-state index is -0.924. The van der Waals surface area contributed by atoms with Gasteiger partial charge in [0.2, 0.25) is 5.13 Å². The van der Waals surface area contributed by atoms with E-state index in [4.69, 9.17) is 9.47 Å². The average Bonchev–Trinajstić information content (AvgIpc) is 3.71. The summed E-state index contributed by atoms with van der Waals surface area (Å²) >= 11 is 2.75. The second-order valence-corrected chi connectivity index (χ2v) is 13.5. The molecule has 1 amide bonds. The van der Waals surface area contributed by atoms with Crippen LogP contribution in [-0.2, 0) is 21.8 Å². The smallest absolute Gasteiger partial charge is 0.301 e. The Balaban J connectivity index is 1.38. The fourth-order valence-corrected chi connectivity index (χ4v) is 7.16. The van der Waals surface area contributed by atoms with Crippen LogP contribution < -0.4 is 14.4 Å². The van der Waals surface area contributed by atoms with Crippen LogP contribution in [0.25, 0.3) is 5.76 Å². The van der Waals surface area contributed by atoms with E-state index in [1.54, 1.807) is 12.1 Å². The first-order valence-corrected chi connectivity index (χ1v) is 16.4. The van der Waals surface area contributed by atoms with Crippen LogP contribution in [0.3, 0.4) is 0 Å². The summed E-state index contributed by atoms with van der Waals surface area (Å²) in [6, 6.07) is 21.7. The van der Waals surface area contributed by atoms with Crippen molar-refractivity contribution in [3.05, 3.63) is 101 Å². The molecule has 0 aliphatic carbocycles. The fraction of sp³-hybridized carbons (Fsp3) is 0.294. The minimum absolute atomic E-state index is 0.00469. The Bertz CT molecular complexity index is 1720. The number of rotatable bonds is 10. The van der Waals surface area contributed by atoms with Crippen LogP contribution in [0.4, 0.5) is 5.13 Å². The molecule has 2 aliphatic rings. The second kappa shape index (κ2) is 12.8. The number of aliphatic hydroxyl groups excluding tert-OH is 1. The summed E-state index contributed by atoms with van der Waals surface area (Å²) in [6.45, 7) is 6.78. The van der Waals surface area contributed by atoms with E-state index in [1.807, 2.05) is 67.6 Å². The number of thioether (sulfide) groups is 1. The molecular formula is C34H33N3O5S2. The Morgan fingerprint density at radius 1 is 1.09 bits per heavy atom. The Morgan fingerprint density at radius 3 is 2.70 bits per heavy atom. The highest BCUT2D eigenvalue weighted by Gasteiger charge is 2.48. The van der Waals surface area contributed by atoms with E-state index < -0.39 is 17.7 Å². The quantitative estimate of drug-likeness (QED) is 0.0647. The first-order chi connectivity index (χ1) is 21.3. The summed E-state index contributed by atoms with van der Waals surface area (Å²) in [5.41, 5.74) is 3.15. The molecule has 1 fully saturated rings. The van der Waals surface area contributed by atoms with Crippen LogP contribution in [0.5, 0.6) is 11.5 Å². The van der Waals surface area contributed by atoms with Crippen molar-refractivity contribution >= 4 is 45.7 Å². The molecule has 4 aromatic rings. The molecule has 8 nitrogen and oxygen atoms in total. The Morgan fingerprint density at radius 2 is 1.91 bits per heavy atom. The third-order valence-electron chi connectivity index (χ3n) is 7.56. The van der Waals surface area contributed by atoms with Gasteiger partial charge in [0.25, 0.3) is 5.78 Å². The summed E-state index contributed by atoms with van der Waals surface area (Å²) in [5, 5.41) is 20.6. The van der Waals surface area contributed by atoms with E-state index in [-0.39, 0.29) is 22.6 Å². The number of anilines is 1. The zero-order valence-corrected chi connectivity index (χ0v) is 26.4. The molecule has 3 aromatic carbocycles. The molecule has 226 valence electrons. The van der Waals surface area contributed by atoms with Gasteiger partial charge >= 0.3 is 5.91 Å². The standard InChI is InChI=1S/C34H33N3O5S2/c1-20(2)14-15-41-26-11-7-10-23(18-26)29-28(30(38)24-12-13-27-25(17-24)16-21(3)42-27)31(39)32(40)37(29)33-35-36-34(44-33)43-19-22-8-5-4-6-9-22/h4-13,17-18,20-21,29,38H,14-16,19H2,1-3H3. The van der Waals surface area contributed by atoms with Crippen molar-refractivity contribution in [2.75, 3.05) is 11.5 Å². The topological polar surface area (TPSA) is 102 Å². The van der Waals surface area contributed by atoms with Crippen LogP contribution >= 0.6 is 23.1 Å². The molecule has 0 radical (unpaired) electrons. The lowest BCUT2D eigenvalue weighted by atomic mass is 9.94. The van der Waals surface area contributed by atoms with Crippen LogP contribution in [0.2, 0.25) is 0 Å². The molecule has 0 saturated carbocycles. The van der Waals surface area contributed by atoms with Crippen molar-refractivity contribution in [3.63, 3.8) is 0 Å². The summed E-state index contributed by atoms with van der Waals surface area (Å²) in [5.74, 6) is 0.757. The average molecular weight is 628 g/mol. The number of ketones is 1. The summed E-state index contributed by atoms with van der Waals surface area (Å²) in [6.07, 6.45) is 1.60. The van der Waals surface area contributed by atoms with Crippen LogP contribution in [0.1, 0.15) is 55.5 Å². The van der Waals surface area contributed by atoms with Crippen LogP contribution in [0, 0.1) is 5.92 Å². The molecule has 44 heavy (non-hydrogen) atoms. The van der Waals surface area contributed by atoms with Crippen molar-refractivity contribution in [2.24, 2.45) is 5.92 Å². The Kier molecular flexibility index (Phi) is 8.72. The number of fused-ring (bicyclic) bond motifs is 1. The monoisotopic (exact) mass is 627 g/mol.